The van der Waals surface area contributed by atoms with Crippen LogP contribution in [0.25, 0.3) is 10.6 Å². The van der Waals surface area contributed by atoms with E-state index in [1.165, 1.54) is 55.8 Å². The lowest BCUT2D eigenvalue weighted by Crippen LogP contribution is -2.12. The lowest BCUT2D eigenvalue weighted by Gasteiger charge is -2.09. The first kappa shape index (κ1) is 18.8. The van der Waals surface area contributed by atoms with E-state index in [1.807, 2.05) is 0 Å². The van der Waals surface area contributed by atoms with Gasteiger partial charge in [-0.15, -0.1) is 11.3 Å². The minimum Gasteiger partial charge on any atom is -0.496 e. The number of rotatable bonds is 6. The number of aromatic carboxylic acids is 1. The maximum Gasteiger partial charge on any atom is 0.339 e. The van der Waals surface area contributed by atoms with E-state index in [0.29, 0.717) is 10.6 Å². The normalized spacial score (nSPS) is 11.2. The highest BCUT2D eigenvalue weighted by atomic mass is 32.2. The molecule has 0 atom stereocenters. The Balaban J connectivity index is 1.87. The SMILES string of the molecule is COc1cc(NS(=O)(=O)c2cnc(-c3ccc(F)cc3)s2)ccc1C(=O)O. The Labute approximate surface area is 158 Å². The van der Waals surface area contributed by atoms with Crippen molar-refractivity contribution in [1.29, 1.82) is 0 Å². The Morgan fingerprint density at radius 1 is 1.22 bits per heavy atom. The Hall–Kier alpha value is -2.98. The van der Waals surface area contributed by atoms with Gasteiger partial charge in [0, 0.05) is 11.6 Å². The lowest BCUT2D eigenvalue weighted by molar-refractivity contribution is 0.0693. The van der Waals surface area contributed by atoms with Crippen molar-refractivity contribution in [2.24, 2.45) is 0 Å². The summed E-state index contributed by atoms with van der Waals surface area (Å²) >= 11 is 0.927. The molecule has 0 aliphatic carbocycles. The van der Waals surface area contributed by atoms with Crippen LogP contribution >= 0.6 is 11.3 Å². The van der Waals surface area contributed by atoms with E-state index >= 15 is 0 Å². The number of aromatic nitrogens is 1. The molecule has 0 amide bonds. The molecule has 0 radical (unpaired) electrons. The molecule has 0 unspecified atom stereocenters. The monoisotopic (exact) mass is 408 g/mol. The number of carboxylic acids is 1. The van der Waals surface area contributed by atoms with Gasteiger partial charge in [-0.1, -0.05) is 0 Å². The van der Waals surface area contributed by atoms with Crippen LogP contribution in [-0.2, 0) is 10.0 Å². The molecular formula is C17H13FN2O5S2. The molecule has 0 saturated carbocycles. The molecule has 2 aromatic carbocycles. The number of anilines is 1. The molecule has 0 aliphatic heterocycles. The number of hydrogen-bond acceptors (Lipinski definition) is 6. The number of ether oxygens (including phenoxy) is 1. The van der Waals surface area contributed by atoms with Gasteiger partial charge in [-0.3, -0.25) is 4.72 Å². The van der Waals surface area contributed by atoms with Gasteiger partial charge in [0.15, 0.2) is 4.21 Å². The minimum absolute atomic E-state index is 0.0269. The number of hydrogen-bond donors (Lipinski definition) is 2. The highest BCUT2D eigenvalue weighted by Gasteiger charge is 2.20. The van der Waals surface area contributed by atoms with Gasteiger partial charge in [-0.2, -0.15) is 0 Å². The van der Waals surface area contributed by atoms with Gasteiger partial charge in [-0.25, -0.2) is 22.6 Å². The van der Waals surface area contributed by atoms with Crippen molar-refractivity contribution in [3.8, 4) is 16.3 Å². The molecule has 0 saturated heterocycles. The van der Waals surface area contributed by atoms with Crippen LogP contribution in [-0.4, -0.2) is 31.6 Å². The molecule has 3 rings (SSSR count). The van der Waals surface area contributed by atoms with Crippen molar-refractivity contribution in [1.82, 2.24) is 4.98 Å². The fraction of sp³-hybridized carbons (Fsp3) is 0.0588. The fourth-order valence-corrected chi connectivity index (χ4v) is 4.43. The van der Waals surface area contributed by atoms with Gasteiger partial charge < -0.3 is 9.84 Å². The van der Waals surface area contributed by atoms with Gasteiger partial charge in [0.1, 0.15) is 22.1 Å². The topological polar surface area (TPSA) is 106 Å². The molecule has 140 valence electrons. The van der Waals surface area contributed by atoms with Crippen molar-refractivity contribution in [3.05, 3.63) is 60.0 Å². The fourth-order valence-electron chi connectivity index (χ4n) is 2.25. The highest BCUT2D eigenvalue weighted by molar-refractivity contribution is 7.94. The molecule has 7 nitrogen and oxygen atoms in total. The Morgan fingerprint density at radius 3 is 2.56 bits per heavy atom. The van der Waals surface area contributed by atoms with Crippen LogP contribution in [0.15, 0.2) is 52.9 Å². The van der Waals surface area contributed by atoms with Gasteiger partial charge >= 0.3 is 5.97 Å². The quantitative estimate of drug-likeness (QED) is 0.647. The molecule has 0 fully saturated rings. The number of halogens is 1. The zero-order valence-corrected chi connectivity index (χ0v) is 15.5. The van der Waals surface area contributed by atoms with E-state index in [1.54, 1.807) is 0 Å². The van der Waals surface area contributed by atoms with Gasteiger partial charge in [0.25, 0.3) is 10.0 Å². The van der Waals surface area contributed by atoms with Gasteiger partial charge in [0.05, 0.1) is 19.0 Å². The van der Waals surface area contributed by atoms with E-state index in [0.717, 1.165) is 11.3 Å². The van der Waals surface area contributed by atoms with Crippen LogP contribution in [0.1, 0.15) is 10.4 Å². The number of carboxylic acid groups (broad SMARTS) is 1. The largest absolute Gasteiger partial charge is 0.496 e. The average Bonchev–Trinajstić information content (AvgIpc) is 3.12. The Morgan fingerprint density at radius 2 is 1.93 bits per heavy atom. The maximum absolute atomic E-state index is 13.0. The van der Waals surface area contributed by atoms with E-state index in [4.69, 9.17) is 9.84 Å². The summed E-state index contributed by atoms with van der Waals surface area (Å²) in [5, 5.41) is 9.50. The first-order valence-electron chi connectivity index (χ1n) is 7.46. The first-order chi connectivity index (χ1) is 12.8. The Kier molecular flexibility index (Phi) is 5.10. The highest BCUT2D eigenvalue weighted by Crippen LogP contribution is 2.30. The van der Waals surface area contributed by atoms with E-state index < -0.39 is 21.8 Å². The predicted molar refractivity (Wildman–Crippen MR) is 98.3 cm³/mol. The summed E-state index contributed by atoms with van der Waals surface area (Å²) in [7, 11) is -2.65. The van der Waals surface area contributed by atoms with E-state index in [2.05, 4.69) is 9.71 Å². The summed E-state index contributed by atoms with van der Waals surface area (Å²) in [6.07, 6.45) is 1.20. The molecule has 2 N–H and O–H groups in total. The number of nitrogens with zero attached hydrogens (tertiary/aromatic N) is 1. The minimum atomic E-state index is -3.94. The van der Waals surface area contributed by atoms with Crippen molar-refractivity contribution < 1.29 is 27.4 Å². The average molecular weight is 408 g/mol. The van der Waals surface area contributed by atoms with Crippen LogP contribution in [0.4, 0.5) is 10.1 Å². The summed E-state index contributed by atoms with van der Waals surface area (Å²) in [5.41, 5.74) is 0.653. The number of thiazole rings is 1. The summed E-state index contributed by atoms with van der Waals surface area (Å²) in [6.45, 7) is 0. The number of nitrogens with one attached hydrogen (secondary N) is 1. The lowest BCUT2D eigenvalue weighted by atomic mass is 10.2. The number of sulfonamides is 1. The molecule has 0 bridgehead atoms. The van der Waals surface area contributed by atoms with Crippen LogP contribution < -0.4 is 9.46 Å². The standard InChI is InChI=1S/C17H13FN2O5S2/c1-25-14-8-12(6-7-13(14)17(21)22)20-27(23,24)15-9-19-16(26-15)10-2-4-11(18)5-3-10/h2-9,20H,1H3,(H,21,22). The van der Waals surface area contributed by atoms with E-state index in [9.17, 15) is 17.6 Å². The third kappa shape index (κ3) is 4.07. The van der Waals surface area contributed by atoms with Crippen LogP contribution in [0, 0.1) is 5.82 Å². The Bertz CT molecular complexity index is 1090. The second-order valence-corrected chi connectivity index (χ2v) is 8.26. The van der Waals surface area contributed by atoms with Crippen LogP contribution in [0.3, 0.4) is 0 Å². The molecule has 1 aromatic heterocycles. The number of carbonyl (C=O) groups is 1. The van der Waals surface area contributed by atoms with Crippen molar-refractivity contribution in [3.63, 3.8) is 0 Å². The maximum atomic E-state index is 13.0. The summed E-state index contributed by atoms with van der Waals surface area (Å²) < 4.78 is 45.4. The van der Waals surface area contributed by atoms with Gasteiger partial charge in [-0.05, 0) is 36.4 Å². The zero-order chi connectivity index (χ0) is 19.6. The molecule has 0 aliphatic rings. The van der Waals surface area contributed by atoms with Crippen molar-refractivity contribution >= 4 is 33.0 Å². The third-order valence-corrected chi connectivity index (χ3v) is 6.41. The second kappa shape index (κ2) is 7.33. The summed E-state index contributed by atoms with van der Waals surface area (Å²) in [5.74, 6) is -1.56. The molecule has 1 heterocycles. The molecular weight excluding hydrogens is 395 g/mol. The third-order valence-electron chi connectivity index (χ3n) is 3.52. The summed E-state index contributed by atoms with van der Waals surface area (Å²) in [4.78, 5) is 15.2. The zero-order valence-electron chi connectivity index (χ0n) is 13.8. The predicted octanol–water partition coefficient (Wildman–Crippen LogP) is 3.46. The van der Waals surface area contributed by atoms with E-state index in [-0.39, 0.29) is 21.2 Å². The van der Waals surface area contributed by atoms with Crippen molar-refractivity contribution in [2.75, 3.05) is 11.8 Å². The van der Waals surface area contributed by atoms with Gasteiger partial charge in [0.2, 0.25) is 0 Å². The van der Waals surface area contributed by atoms with Crippen molar-refractivity contribution in [2.45, 2.75) is 4.21 Å². The second-order valence-electron chi connectivity index (χ2n) is 5.32. The van der Waals surface area contributed by atoms with Crippen LogP contribution in [0.2, 0.25) is 0 Å². The number of benzene rings is 2. The molecule has 3 aromatic rings. The molecule has 27 heavy (non-hydrogen) atoms. The first-order valence-corrected chi connectivity index (χ1v) is 9.76. The summed E-state index contributed by atoms with van der Waals surface area (Å²) in [6, 6.07) is 9.39. The van der Waals surface area contributed by atoms with Crippen LogP contribution in [0.5, 0.6) is 5.75 Å². The molecule has 0 spiro atoms. The smallest absolute Gasteiger partial charge is 0.339 e. The number of methoxy groups -OCH3 is 1. The molecule has 10 heteroatoms.